The van der Waals surface area contributed by atoms with Crippen LogP contribution in [-0.2, 0) is 13.1 Å². The van der Waals surface area contributed by atoms with Crippen molar-refractivity contribution in [3.63, 3.8) is 0 Å². The van der Waals surface area contributed by atoms with E-state index in [1.807, 2.05) is 36.4 Å². The summed E-state index contributed by atoms with van der Waals surface area (Å²) in [7, 11) is 0. The zero-order valence-electron chi connectivity index (χ0n) is 13.2. The van der Waals surface area contributed by atoms with Gasteiger partial charge in [0.25, 0.3) is 0 Å². The molecule has 0 saturated heterocycles. The molecule has 0 spiro atoms. The van der Waals surface area contributed by atoms with Gasteiger partial charge in [-0.1, -0.05) is 48.6 Å². The van der Waals surface area contributed by atoms with Gasteiger partial charge in [0.05, 0.1) is 13.1 Å². The van der Waals surface area contributed by atoms with Crippen molar-refractivity contribution >= 4 is 17.1 Å². The summed E-state index contributed by atoms with van der Waals surface area (Å²) in [4.78, 5) is 9.39. The molecule has 0 amide bonds. The van der Waals surface area contributed by atoms with Crippen LogP contribution in [0.1, 0.15) is 24.0 Å². The van der Waals surface area contributed by atoms with Crippen LogP contribution in [0.3, 0.4) is 0 Å². The first-order valence-corrected chi connectivity index (χ1v) is 7.92. The van der Waals surface area contributed by atoms with Gasteiger partial charge in [-0.2, -0.15) is 0 Å². The first-order chi connectivity index (χ1) is 11.3. The second-order valence-corrected chi connectivity index (χ2v) is 5.58. The highest BCUT2D eigenvalue weighted by Gasteiger charge is 2.07. The van der Waals surface area contributed by atoms with Crippen molar-refractivity contribution in [3.8, 4) is 0 Å². The van der Waals surface area contributed by atoms with Gasteiger partial charge in [-0.25, -0.2) is 0 Å². The molecule has 0 radical (unpaired) electrons. The lowest BCUT2D eigenvalue weighted by Crippen LogP contribution is -2.03. The highest BCUT2D eigenvalue weighted by molar-refractivity contribution is 5.97. The maximum absolute atomic E-state index is 6.17. The third-order valence-electron chi connectivity index (χ3n) is 3.93. The molecule has 0 atom stereocenters. The molecule has 1 aromatic rings. The van der Waals surface area contributed by atoms with E-state index in [9.17, 15) is 0 Å². The highest BCUT2D eigenvalue weighted by Crippen LogP contribution is 2.20. The first-order valence-electron chi connectivity index (χ1n) is 7.92. The molecular weight excluding hydrogens is 282 g/mol. The summed E-state index contributed by atoms with van der Waals surface area (Å²) in [6.45, 7) is 1.25. The van der Waals surface area contributed by atoms with E-state index in [0.717, 1.165) is 41.1 Å². The molecule has 0 bridgehead atoms. The maximum atomic E-state index is 6.17. The lowest BCUT2D eigenvalue weighted by atomic mass is 10.0. The summed E-state index contributed by atoms with van der Waals surface area (Å²) in [5.74, 6) is 0. The average Bonchev–Trinajstić information content (AvgIpc) is 2.61. The van der Waals surface area contributed by atoms with Crippen LogP contribution in [0, 0.1) is 0 Å². The van der Waals surface area contributed by atoms with Gasteiger partial charge in [0.1, 0.15) is 0 Å². The lowest BCUT2D eigenvalue weighted by Gasteiger charge is -2.11. The minimum absolute atomic E-state index is 0.607. The van der Waals surface area contributed by atoms with Gasteiger partial charge >= 0.3 is 0 Å². The molecule has 1 aromatic carbocycles. The highest BCUT2D eigenvalue weighted by atomic mass is 14.8. The number of nitrogens with zero attached hydrogens (tertiary/aromatic N) is 2. The lowest BCUT2D eigenvalue weighted by molar-refractivity contribution is 0.977. The Labute approximate surface area is 137 Å². The Kier molecular flexibility index (Phi) is 4.99. The van der Waals surface area contributed by atoms with E-state index in [4.69, 9.17) is 15.7 Å². The smallest absolute Gasteiger partial charge is 0.0666 e. The van der Waals surface area contributed by atoms with Crippen molar-refractivity contribution in [2.24, 2.45) is 9.98 Å². The van der Waals surface area contributed by atoms with E-state index in [1.54, 1.807) is 0 Å². The Bertz CT molecular complexity index is 746. The molecule has 3 rings (SSSR count). The predicted molar refractivity (Wildman–Crippen MR) is 98.9 cm³/mol. The number of nitrogens with two attached hydrogens (primary N) is 1. The summed E-state index contributed by atoms with van der Waals surface area (Å²) in [6, 6.07) is 6.02. The van der Waals surface area contributed by atoms with E-state index in [-0.39, 0.29) is 0 Å². The van der Waals surface area contributed by atoms with E-state index in [2.05, 4.69) is 30.4 Å². The fraction of sp³-hybridized carbons (Fsp3) is 0.200. The summed E-state index contributed by atoms with van der Waals surface area (Å²) in [6.07, 6.45) is 18.3. The normalized spacial score (nSPS) is 19.8. The number of benzene rings is 1. The second-order valence-electron chi connectivity index (χ2n) is 5.58. The summed E-state index contributed by atoms with van der Waals surface area (Å²) in [5.41, 5.74) is 11.4. The van der Waals surface area contributed by atoms with Crippen LogP contribution in [0.15, 0.2) is 76.8 Å². The third kappa shape index (κ3) is 4.16. The van der Waals surface area contributed by atoms with Crippen molar-refractivity contribution in [2.45, 2.75) is 25.9 Å². The van der Waals surface area contributed by atoms with Crippen LogP contribution in [-0.4, -0.2) is 11.4 Å². The molecule has 0 aromatic heterocycles. The molecular formula is C20H21N3. The third-order valence-corrected chi connectivity index (χ3v) is 3.93. The molecule has 0 fully saturated rings. The molecule has 2 N–H and O–H groups in total. The molecule has 0 unspecified atom stereocenters. The number of nitrogen functional groups attached to an aromatic ring is 1. The summed E-state index contributed by atoms with van der Waals surface area (Å²) in [5, 5.41) is 0. The number of anilines is 1. The standard InChI is InChI=1S/C20H21N3/c21-20-13-7-8-16(14-22-17-9-3-1-4-10-17)19(20)15-23-18-11-5-2-6-12-18/h1-9,11,13H,10,12,14-15,21H2. The topological polar surface area (TPSA) is 50.7 Å². The zero-order chi connectivity index (χ0) is 15.9. The van der Waals surface area contributed by atoms with E-state index in [1.165, 1.54) is 0 Å². The van der Waals surface area contributed by atoms with Crippen LogP contribution >= 0.6 is 0 Å². The number of allylic oxidation sites excluding steroid dienone is 8. The quantitative estimate of drug-likeness (QED) is 0.833. The van der Waals surface area contributed by atoms with Crippen molar-refractivity contribution in [1.29, 1.82) is 0 Å². The number of hydrogen-bond acceptors (Lipinski definition) is 3. The maximum Gasteiger partial charge on any atom is 0.0666 e. The van der Waals surface area contributed by atoms with Gasteiger partial charge in [-0.15, -0.1) is 0 Å². The van der Waals surface area contributed by atoms with Gasteiger partial charge in [-0.3, -0.25) is 9.98 Å². The van der Waals surface area contributed by atoms with E-state index in [0.29, 0.717) is 13.1 Å². The monoisotopic (exact) mass is 303 g/mol. The van der Waals surface area contributed by atoms with Gasteiger partial charge in [-0.05, 0) is 23.8 Å². The van der Waals surface area contributed by atoms with Crippen molar-refractivity contribution < 1.29 is 0 Å². The summed E-state index contributed by atoms with van der Waals surface area (Å²) < 4.78 is 0. The summed E-state index contributed by atoms with van der Waals surface area (Å²) >= 11 is 0. The average molecular weight is 303 g/mol. The molecule has 0 aliphatic heterocycles. The number of rotatable bonds is 4. The predicted octanol–water partition coefficient (Wildman–Crippen LogP) is 4.18. The van der Waals surface area contributed by atoms with Crippen LogP contribution < -0.4 is 5.73 Å². The SMILES string of the molecule is Nc1cccc(CN=C2C=CC=CC2)c1CN=C1C=CC=CC1. The first kappa shape index (κ1) is 15.2. The minimum Gasteiger partial charge on any atom is -0.398 e. The Morgan fingerprint density at radius 1 is 0.826 bits per heavy atom. The van der Waals surface area contributed by atoms with Crippen molar-refractivity contribution in [1.82, 2.24) is 0 Å². The molecule has 116 valence electrons. The van der Waals surface area contributed by atoms with Crippen LogP contribution in [0.4, 0.5) is 5.69 Å². The largest absolute Gasteiger partial charge is 0.398 e. The Hall–Kier alpha value is -2.68. The number of hydrogen-bond donors (Lipinski definition) is 1. The Balaban J connectivity index is 1.76. The van der Waals surface area contributed by atoms with Crippen molar-refractivity contribution in [2.75, 3.05) is 5.73 Å². The molecule has 0 heterocycles. The van der Waals surface area contributed by atoms with Crippen LogP contribution in [0.25, 0.3) is 0 Å². The molecule has 3 nitrogen and oxygen atoms in total. The molecule has 2 aliphatic rings. The van der Waals surface area contributed by atoms with E-state index < -0.39 is 0 Å². The fourth-order valence-corrected chi connectivity index (χ4v) is 2.60. The molecule has 23 heavy (non-hydrogen) atoms. The van der Waals surface area contributed by atoms with Crippen molar-refractivity contribution in [3.05, 3.63) is 77.9 Å². The second kappa shape index (κ2) is 7.54. The van der Waals surface area contributed by atoms with E-state index >= 15 is 0 Å². The molecule has 3 heteroatoms. The van der Waals surface area contributed by atoms with Gasteiger partial charge in [0.15, 0.2) is 0 Å². The van der Waals surface area contributed by atoms with Crippen LogP contribution in [0.2, 0.25) is 0 Å². The molecule has 2 aliphatic carbocycles. The van der Waals surface area contributed by atoms with Gasteiger partial charge in [0, 0.05) is 35.5 Å². The fourth-order valence-electron chi connectivity index (χ4n) is 2.60. The van der Waals surface area contributed by atoms with Gasteiger partial charge in [0.2, 0.25) is 0 Å². The Morgan fingerprint density at radius 3 is 2.09 bits per heavy atom. The van der Waals surface area contributed by atoms with Gasteiger partial charge < -0.3 is 5.73 Å². The minimum atomic E-state index is 0.607. The Morgan fingerprint density at radius 2 is 1.48 bits per heavy atom. The molecule has 0 saturated carbocycles. The van der Waals surface area contributed by atoms with Crippen LogP contribution in [0.5, 0.6) is 0 Å². The zero-order valence-corrected chi connectivity index (χ0v) is 13.2. The number of aliphatic imine (C=N–C) groups is 2.